The van der Waals surface area contributed by atoms with Crippen LogP contribution in [-0.4, -0.2) is 19.0 Å². The number of aryl methyl sites for hydroxylation is 1. The Bertz CT molecular complexity index is 1080. The van der Waals surface area contributed by atoms with Crippen molar-refractivity contribution in [1.82, 2.24) is 9.29 Å². The van der Waals surface area contributed by atoms with Crippen LogP contribution in [0.15, 0.2) is 58.2 Å². The van der Waals surface area contributed by atoms with E-state index in [1.165, 1.54) is 5.56 Å². The zero-order valence-corrected chi connectivity index (χ0v) is 17.3. The van der Waals surface area contributed by atoms with Crippen LogP contribution in [0.25, 0.3) is 10.2 Å². The number of thiazole rings is 1. The summed E-state index contributed by atoms with van der Waals surface area (Å²) in [5, 5.41) is 0. The lowest BCUT2D eigenvalue weighted by atomic mass is 10.1. The second kappa shape index (κ2) is 7.96. The van der Waals surface area contributed by atoms with E-state index < -0.39 is 10.0 Å². The number of hydrogen-bond acceptors (Lipinski definition) is 4. The number of sulfonamides is 1. The van der Waals surface area contributed by atoms with Crippen molar-refractivity contribution < 1.29 is 8.42 Å². The van der Waals surface area contributed by atoms with E-state index >= 15 is 0 Å². The number of rotatable bonds is 7. The highest BCUT2D eigenvalue weighted by atomic mass is 32.2. The first-order valence-corrected chi connectivity index (χ1v) is 11.3. The molecule has 0 amide bonds. The van der Waals surface area contributed by atoms with Crippen molar-refractivity contribution >= 4 is 31.6 Å². The highest BCUT2D eigenvalue weighted by Gasteiger charge is 2.19. The average Bonchev–Trinajstić information content (AvgIpc) is 2.95. The van der Waals surface area contributed by atoms with E-state index in [-0.39, 0.29) is 21.9 Å². The van der Waals surface area contributed by atoms with Crippen molar-refractivity contribution in [2.45, 2.75) is 50.6 Å². The predicted molar refractivity (Wildman–Crippen MR) is 111 cm³/mol. The minimum Gasteiger partial charge on any atom is -0.296 e. The average molecular weight is 405 g/mol. The Labute approximate surface area is 163 Å². The van der Waals surface area contributed by atoms with E-state index in [4.69, 9.17) is 0 Å². The first-order chi connectivity index (χ1) is 12.8. The molecule has 3 rings (SSSR count). The first kappa shape index (κ1) is 19.8. The summed E-state index contributed by atoms with van der Waals surface area (Å²) in [5.74, 6) is 0. The molecule has 0 fully saturated rings. The molecule has 0 saturated heterocycles. The summed E-state index contributed by atoms with van der Waals surface area (Å²) in [6, 6.07) is 14.7. The fourth-order valence-corrected chi connectivity index (χ4v) is 5.52. The molecule has 7 heteroatoms. The normalized spacial score (nSPS) is 13.3. The van der Waals surface area contributed by atoms with Gasteiger partial charge in [-0.25, -0.2) is 13.1 Å². The van der Waals surface area contributed by atoms with Gasteiger partial charge in [-0.05, 0) is 57.4 Å². The molecule has 0 aliphatic carbocycles. The highest BCUT2D eigenvalue weighted by Crippen LogP contribution is 2.24. The van der Waals surface area contributed by atoms with Gasteiger partial charge in [0.15, 0.2) is 0 Å². The first-order valence-electron chi connectivity index (χ1n) is 8.99. The number of fused-ring (bicyclic) bond motifs is 1. The van der Waals surface area contributed by atoms with Gasteiger partial charge in [-0.3, -0.25) is 9.36 Å². The number of hydrogen-bond donors (Lipinski definition) is 1. The smallest absolute Gasteiger partial charge is 0.296 e. The summed E-state index contributed by atoms with van der Waals surface area (Å²) >= 11 is 1.08. The molecule has 1 atom stereocenters. The molecule has 0 aliphatic heterocycles. The van der Waals surface area contributed by atoms with E-state index in [0.29, 0.717) is 11.1 Å². The topological polar surface area (TPSA) is 68.2 Å². The van der Waals surface area contributed by atoms with Crippen LogP contribution >= 0.6 is 11.3 Å². The molecule has 27 heavy (non-hydrogen) atoms. The molecule has 2 aromatic carbocycles. The van der Waals surface area contributed by atoms with Gasteiger partial charge in [-0.15, -0.1) is 0 Å². The van der Waals surface area contributed by atoms with E-state index in [2.05, 4.69) is 4.72 Å². The second-order valence-electron chi connectivity index (χ2n) is 7.01. The lowest BCUT2D eigenvalue weighted by molar-refractivity contribution is 0.547. The minimum absolute atomic E-state index is 0.0323. The van der Waals surface area contributed by atoms with Crippen molar-refractivity contribution in [3.8, 4) is 0 Å². The molecule has 0 saturated carbocycles. The Morgan fingerprint density at radius 1 is 1.07 bits per heavy atom. The van der Waals surface area contributed by atoms with Crippen LogP contribution in [-0.2, 0) is 16.4 Å². The quantitative estimate of drug-likeness (QED) is 0.648. The molecular weight excluding hydrogens is 380 g/mol. The van der Waals surface area contributed by atoms with Crippen molar-refractivity contribution in [3.05, 3.63) is 63.8 Å². The monoisotopic (exact) mass is 404 g/mol. The van der Waals surface area contributed by atoms with Crippen LogP contribution < -0.4 is 9.60 Å². The van der Waals surface area contributed by atoms with Gasteiger partial charge in [0.1, 0.15) is 0 Å². The molecule has 1 heterocycles. The summed E-state index contributed by atoms with van der Waals surface area (Å²) in [5.41, 5.74) is 1.96. The zero-order chi connectivity index (χ0) is 19.6. The number of aromatic nitrogens is 1. The highest BCUT2D eigenvalue weighted by molar-refractivity contribution is 7.89. The van der Waals surface area contributed by atoms with Crippen LogP contribution in [0.5, 0.6) is 0 Å². The molecule has 5 nitrogen and oxygen atoms in total. The Balaban J connectivity index is 1.77. The molecule has 0 spiro atoms. The van der Waals surface area contributed by atoms with E-state index in [1.54, 1.807) is 22.8 Å². The third-order valence-electron chi connectivity index (χ3n) is 4.48. The number of nitrogens with one attached hydrogen (secondary N) is 1. The summed E-state index contributed by atoms with van der Waals surface area (Å²) in [6.45, 7) is 5.75. The lowest BCUT2D eigenvalue weighted by Gasteiger charge is -2.14. The van der Waals surface area contributed by atoms with Gasteiger partial charge in [0, 0.05) is 12.1 Å². The van der Waals surface area contributed by atoms with E-state index in [1.807, 2.05) is 51.1 Å². The second-order valence-corrected chi connectivity index (χ2v) is 9.72. The molecular formula is C20H24N2O3S2. The maximum absolute atomic E-state index is 12.7. The van der Waals surface area contributed by atoms with Crippen molar-refractivity contribution in [3.63, 3.8) is 0 Å². The Morgan fingerprint density at radius 3 is 2.44 bits per heavy atom. The maximum atomic E-state index is 12.7. The molecule has 1 aromatic heterocycles. The van der Waals surface area contributed by atoms with Crippen molar-refractivity contribution in [2.75, 3.05) is 0 Å². The molecule has 3 aromatic rings. The third kappa shape index (κ3) is 4.48. The fraction of sp³-hybridized carbons (Fsp3) is 0.350. The Morgan fingerprint density at radius 2 is 1.78 bits per heavy atom. The molecule has 1 N–H and O–H groups in total. The summed E-state index contributed by atoms with van der Waals surface area (Å²) in [6.07, 6.45) is 1.52. The summed E-state index contributed by atoms with van der Waals surface area (Å²) in [7, 11) is -3.63. The van der Waals surface area contributed by atoms with Crippen LogP contribution in [0.4, 0.5) is 0 Å². The van der Waals surface area contributed by atoms with Gasteiger partial charge >= 0.3 is 4.87 Å². The molecule has 0 aliphatic rings. The standard InChI is InChI=1S/C20H24N2O3S2/c1-14(2)22-18-12-11-17(13-19(18)26-20(22)23)27(24,25)21-15(3)9-10-16-7-5-4-6-8-16/h4-8,11-15,21H,9-10H2,1-3H3. The fourth-order valence-electron chi connectivity index (χ4n) is 3.09. The minimum atomic E-state index is -3.63. The number of benzene rings is 2. The number of nitrogens with zero attached hydrogens (tertiary/aromatic N) is 1. The van der Waals surface area contributed by atoms with Gasteiger partial charge in [-0.1, -0.05) is 41.7 Å². The SMILES string of the molecule is CC(CCc1ccccc1)NS(=O)(=O)c1ccc2c(c1)sc(=O)n2C(C)C. The summed E-state index contributed by atoms with van der Waals surface area (Å²) < 4.78 is 30.6. The molecule has 0 bridgehead atoms. The Hall–Kier alpha value is -1.96. The zero-order valence-electron chi connectivity index (χ0n) is 15.7. The van der Waals surface area contributed by atoms with Crippen molar-refractivity contribution in [1.29, 1.82) is 0 Å². The lowest BCUT2D eigenvalue weighted by Crippen LogP contribution is -2.32. The third-order valence-corrected chi connectivity index (χ3v) is 6.98. The molecule has 0 radical (unpaired) electrons. The Kier molecular flexibility index (Phi) is 5.83. The summed E-state index contributed by atoms with van der Waals surface area (Å²) in [4.78, 5) is 12.3. The van der Waals surface area contributed by atoms with Gasteiger partial charge in [0.2, 0.25) is 10.0 Å². The predicted octanol–water partition coefficient (Wildman–Crippen LogP) is 3.94. The molecule has 144 valence electrons. The van der Waals surface area contributed by atoms with E-state index in [0.717, 1.165) is 23.3 Å². The maximum Gasteiger partial charge on any atom is 0.308 e. The largest absolute Gasteiger partial charge is 0.308 e. The van der Waals surface area contributed by atoms with Gasteiger partial charge in [0.25, 0.3) is 0 Å². The van der Waals surface area contributed by atoms with Gasteiger partial charge in [0.05, 0.1) is 15.1 Å². The van der Waals surface area contributed by atoms with Gasteiger partial charge < -0.3 is 0 Å². The van der Waals surface area contributed by atoms with Crippen molar-refractivity contribution in [2.24, 2.45) is 0 Å². The van der Waals surface area contributed by atoms with Crippen LogP contribution in [0, 0.1) is 0 Å². The van der Waals surface area contributed by atoms with Crippen LogP contribution in [0.2, 0.25) is 0 Å². The van der Waals surface area contributed by atoms with E-state index in [9.17, 15) is 13.2 Å². The van der Waals surface area contributed by atoms with Crippen LogP contribution in [0.3, 0.4) is 0 Å². The van der Waals surface area contributed by atoms with Gasteiger partial charge in [-0.2, -0.15) is 0 Å². The van der Waals surface area contributed by atoms with Crippen LogP contribution in [0.1, 0.15) is 38.8 Å². The molecule has 1 unspecified atom stereocenters.